The molecule has 2 amide bonds. The second-order valence-electron chi connectivity index (χ2n) is 4.48. The van der Waals surface area contributed by atoms with Crippen molar-refractivity contribution in [3.8, 4) is 0 Å². The van der Waals surface area contributed by atoms with Gasteiger partial charge in [-0.05, 0) is 44.8 Å². The number of hydrogen-bond donors (Lipinski definition) is 2. The zero-order valence-corrected chi connectivity index (χ0v) is 11.0. The van der Waals surface area contributed by atoms with Gasteiger partial charge in [0.1, 0.15) is 0 Å². The average Bonchev–Trinajstić information content (AvgIpc) is 3.13. The predicted molar refractivity (Wildman–Crippen MR) is 70.8 cm³/mol. The van der Waals surface area contributed by atoms with Crippen LogP contribution in [-0.2, 0) is 0 Å². The lowest BCUT2D eigenvalue weighted by Gasteiger charge is -2.17. The van der Waals surface area contributed by atoms with E-state index in [0.717, 1.165) is 32.6 Å². The molecule has 0 aliphatic heterocycles. The fourth-order valence-electron chi connectivity index (χ4n) is 1.64. The van der Waals surface area contributed by atoms with Crippen molar-refractivity contribution in [3.05, 3.63) is 12.3 Å². The van der Waals surface area contributed by atoms with Crippen LogP contribution in [0, 0.1) is 5.92 Å². The van der Waals surface area contributed by atoms with Crippen LogP contribution in [0.25, 0.3) is 0 Å². The van der Waals surface area contributed by atoms with E-state index in [4.69, 9.17) is 0 Å². The van der Waals surface area contributed by atoms with Gasteiger partial charge in [-0.1, -0.05) is 19.9 Å². The molecule has 1 fully saturated rings. The van der Waals surface area contributed by atoms with Crippen LogP contribution in [0.4, 0.5) is 4.79 Å². The van der Waals surface area contributed by atoms with Crippen LogP contribution in [0.15, 0.2) is 12.3 Å². The first-order valence-electron chi connectivity index (χ1n) is 6.69. The Hall–Kier alpha value is -1.03. The highest BCUT2D eigenvalue weighted by Crippen LogP contribution is 2.29. The molecular formula is C13H25N3O. The van der Waals surface area contributed by atoms with E-state index >= 15 is 0 Å². The van der Waals surface area contributed by atoms with Crippen molar-refractivity contribution in [2.24, 2.45) is 5.92 Å². The lowest BCUT2D eigenvalue weighted by Crippen LogP contribution is -2.34. The maximum Gasteiger partial charge on any atom is 0.318 e. The molecule has 0 unspecified atom stereocenters. The molecule has 0 aromatic heterocycles. The summed E-state index contributed by atoms with van der Waals surface area (Å²) in [6, 6.07) is -0.0959. The molecule has 0 aromatic rings. The van der Waals surface area contributed by atoms with Crippen molar-refractivity contribution in [3.63, 3.8) is 0 Å². The minimum Gasteiger partial charge on any atom is -0.338 e. The Labute approximate surface area is 104 Å². The Morgan fingerprint density at radius 1 is 1.35 bits per heavy atom. The number of allylic oxidation sites excluding steroid dienone is 1. The molecule has 0 heterocycles. The van der Waals surface area contributed by atoms with Crippen LogP contribution in [-0.4, -0.2) is 37.1 Å². The van der Waals surface area contributed by atoms with Gasteiger partial charge in [-0.25, -0.2) is 4.79 Å². The van der Waals surface area contributed by atoms with Crippen molar-refractivity contribution in [1.29, 1.82) is 0 Å². The van der Waals surface area contributed by atoms with Crippen LogP contribution in [0.3, 0.4) is 0 Å². The van der Waals surface area contributed by atoms with Crippen LogP contribution >= 0.6 is 0 Å². The Morgan fingerprint density at radius 2 is 2.06 bits per heavy atom. The van der Waals surface area contributed by atoms with Crippen LogP contribution < -0.4 is 10.6 Å². The van der Waals surface area contributed by atoms with E-state index < -0.39 is 0 Å². The van der Waals surface area contributed by atoms with Gasteiger partial charge in [-0.3, -0.25) is 0 Å². The first kappa shape index (κ1) is 14.0. The number of rotatable bonds is 8. The van der Waals surface area contributed by atoms with Crippen LogP contribution in [0.2, 0.25) is 0 Å². The fourth-order valence-corrected chi connectivity index (χ4v) is 1.64. The molecule has 98 valence electrons. The summed E-state index contributed by atoms with van der Waals surface area (Å²) in [6.07, 6.45) is 7.36. The molecule has 0 aromatic carbocycles. The zero-order valence-electron chi connectivity index (χ0n) is 11.0. The quantitative estimate of drug-likeness (QED) is 0.636. The van der Waals surface area contributed by atoms with Gasteiger partial charge in [-0.15, -0.1) is 0 Å². The molecule has 0 atom stereocenters. The van der Waals surface area contributed by atoms with Crippen molar-refractivity contribution in [2.75, 3.05) is 26.2 Å². The van der Waals surface area contributed by atoms with E-state index in [0.29, 0.717) is 5.92 Å². The van der Waals surface area contributed by atoms with Crippen LogP contribution in [0.5, 0.6) is 0 Å². The first-order chi connectivity index (χ1) is 8.26. The Kier molecular flexibility index (Phi) is 6.70. The number of hydrogen-bond acceptors (Lipinski definition) is 2. The smallest absolute Gasteiger partial charge is 0.318 e. The Morgan fingerprint density at radius 3 is 2.65 bits per heavy atom. The molecule has 0 saturated heterocycles. The maximum atomic E-state index is 11.3. The highest BCUT2D eigenvalue weighted by atomic mass is 16.2. The van der Waals surface area contributed by atoms with Gasteiger partial charge in [0.15, 0.2) is 0 Å². The van der Waals surface area contributed by atoms with E-state index in [1.54, 1.807) is 6.20 Å². The van der Waals surface area contributed by atoms with Crippen molar-refractivity contribution >= 4 is 6.03 Å². The molecule has 4 heteroatoms. The lowest BCUT2D eigenvalue weighted by molar-refractivity contribution is 0.242. The highest BCUT2D eigenvalue weighted by molar-refractivity contribution is 5.74. The van der Waals surface area contributed by atoms with Gasteiger partial charge in [0.25, 0.3) is 0 Å². The largest absolute Gasteiger partial charge is 0.338 e. The summed E-state index contributed by atoms with van der Waals surface area (Å²) >= 11 is 0. The molecule has 1 rings (SSSR count). The van der Waals surface area contributed by atoms with E-state index in [1.807, 2.05) is 0 Å². The zero-order chi connectivity index (χ0) is 12.5. The van der Waals surface area contributed by atoms with E-state index in [-0.39, 0.29) is 6.03 Å². The minimum atomic E-state index is -0.0959. The van der Waals surface area contributed by atoms with Crippen molar-refractivity contribution < 1.29 is 4.79 Å². The number of nitrogens with one attached hydrogen (secondary N) is 2. The van der Waals surface area contributed by atoms with Crippen molar-refractivity contribution in [1.82, 2.24) is 15.5 Å². The number of urea groups is 1. The standard InChI is InChI=1S/C13H25N3O/c1-3-16(4-2)11-5-9-14-13(17)15-10-8-12-6-7-12/h8,10,12H,3-7,9,11H2,1-2H3,(H2,14,15,17)/b10-8+. The molecule has 0 bridgehead atoms. The van der Waals surface area contributed by atoms with Gasteiger partial charge in [0.05, 0.1) is 0 Å². The molecule has 0 radical (unpaired) electrons. The average molecular weight is 239 g/mol. The van der Waals surface area contributed by atoms with Crippen molar-refractivity contribution in [2.45, 2.75) is 33.1 Å². The molecule has 0 spiro atoms. The van der Waals surface area contributed by atoms with E-state index in [1.165, 1.54) is 12.8 Å². The lowest BCUT2D eigenvalue weighted by atomic mass is 10.3. The Bertz CT molecular complexity index is 245. The molecule has 1 aliphatic rings. The van der Waals surface area contributed by atoms with E-state index in [2.05, 4.69) is 35.5 Å². The van der Waals surface area contributed by atoms with Gasteiger partial charge >= 0.3 is 6.03 Å². The Balaban J connectivity index is 1.95. The van der Waals surface area contributed by atoms with Gasteiger partial charge in [0.2, 0.25) is 0 Å². The summed E-state index contributed by atoms with van der Waals surface area (Å²) in [5, 5.41) is 5.58. The normalized spacial score (nSPS) is 15.5. The van der Waals surface area contributed by atoms with Crippen LogP contribution in [0.1, 0.15) is 33.1 Å². The molecule has 17 heavy (non-hydrogen) atoms. The number of nitrogens with zero attached hydrogens (tertiary/aromatic N) is 1. The summed E-state index contributed by atoms with van der Waals surface area (Å²) < 4.78 is 0. The number of carbonyl (C=O) groups is 1. The third kappa shape index (κ3) is 7.00. The van der Waals surface area contributed by atoms with E-state index in [9.17, 15) is 4.79 Å². The van der Waals surface area contributed by atoms with Gasteiger partial charge in [-0.2, -0.15) is 0 Å². The van der Waals surface area contributed by atoms with Gasteiger partial charge < -0.3 is 15.5 Å². The fraction of sp³-hybridized carbons (Fsp3) is 0.769. The summed E-state index contributed by atoms with van der Waals surface area (Å²) in [4.78, 5) is 13.7. The predicted octanol–water partition coefficient (Wildman–Crippen LogP) is 1.94. The first-order valence-corrected chi connectivity index (χ1v) is 6.69. The molecule has 1 aliphatic carbocycles. The number of amides is 2. The summed E-state index contributed by atoms with van der Waals surface area (Å²) in [7, 11) is 0. The SMILES string of the molecule is CCN(CC)CCCNC(=O)N/C=C/C1CC1. The minimum absolute atomic E-state index is 0.0959. The third-order valence-electron chi connectivity index (χ3n) is 3.04. The molecule has 4 nitrogen and oxygen atoms in total. The van der Waals surface area contributed by atoms with Gasteiger partial charge in [0, 0.05) is 12.7 Å². The topological polar surface area (TPSA) is 44.4 Å². The second-order valence-corrected chi connectivity index (χ2v) is 4.48. The summed E-state index contributed by atoms with van der Waals surface area (Å²) in [5.74, 6) is 0.706. The summed E-state index contributed by atoms with van der Waals surface area (Å²) in [5.41, 5.74) is 0. The molecule has 1 saturated carbocycles. The maximum absolute atomic E-state index is 11.3. The highest BCUT2D eigenvalue weighted by Gasteiger charge is 2.16. The number of carbonyl (C=O) groups excluding carboxylic acids is 1. The second kappa shape index (κ2) is 8.12. The summed E-state index contributed by atoms with van der Waals surface area (Å²) in [6.45, 7) is 8.25. The molecular weight excluding hydrogens is 214 g/mol. The monoisotopic (exact) mass is 239 g/mol. The third-order valence-corrected chi connectivity index (χ3v) is 3.04. The molecule has 2 N–H and O–H groups in total.